The smallest absolute Gasteiger partial charge is 0.216 e. The predicted molar refractivity (Wildman–Crippen MR) is 102 cm³/mol. The molecule has 1 aliphatic heterocycles. The first-order chi connectivity index (χ1) is 12.6. The van der Waals surface area contributed by atoms with Crippen LogP contribution in [-0.2, 0) is 4.79 Å². The van der Waals surface area contributed by atoms with Crippen LogP contribution in [0.4, 0.5) is 5.13 Å². The van der Waals surface area contributed by atoms with Gasteiger partial charge in [-0.1, -0.05) is 41.7 Å². The van der Waals surface area contributed by atoms with Gasteiger partial charge in [0.25, 0.3) is 0 Å². The third-order valence-electron chi connectivity index (χ3n) is 4.66. The maximum absolute atomic E-state index is 12.9. The number of Topliss-reactive ketones (excluding diaryl/α,β-unsaturated/α-hetero) is 1. The average Bonchev–Trinajstić information content (AvgIpc) is 3.07. The number of rotatable bonds is 2. The molecule has 0 saturated carbocycles. The second kappa shape index (κ2) is 6.52. The van der Waals surface area contributed by atoms with Gasteiger partial charge < -0.3 is 5.73 Å². The Kier molecular flexibility index (Phi) is 4.18. The number of aromatic amines is 1. The molecule has 1 aliphatic carbocycles. The Morgan fingerprint density at radius 3 is 2.77 bits per heavy atom. The van der Waals surface area contributed by atoms with Crippen LogP contribution in [0.1, 0.15) is 30.7 Å². The highest BCUT2D eigenvalue weighted by Crippen LogP contribution is 2.46. The van der Waals surface area contributed by atoms with Gasteiger partial charge in [0.1, 0.15) is 5.82 Å². The van der Waals surface area contributed by atoms with Gasteiger partial charge in [-0.25, -0.2) is 0 Å². The fourth-order valence-electron chi connectivity index (χ4n) is 3.60. The summed E-state index contributed by atoms with van der Waals surface area (Å²) in [6.07, 6.45) is 1.93. The van der Waals surface area contributed by atoms with E-state index in [0.29, 0.717) is 38.9 Å². The number of H-pyrrole nitrogens is 1. The Labute approximate surface area is 159 Å². The number of carbonyl (C=O) groups is 1. The summed E-state index contributed by atoms with van der Waals surface area (Å²) in [6, 6.07) is 11.8. The SMILES string of the molecule is N#CC1=C(N)N(c2n[nH]c(=S)s2)C2=C(C(=O)CCC2)C1c1ccccc1. The fraction of sp³-hybridized carbons (Fsp3) is 0.222. The molecule has 0 amide bonds. The molecule has 2 aliphatic rings. The first-order valence-corrected chi connectivity index (χ1v) is 9.41. The van der Waals surface area contributed by atoms with Crippen LogP contribution < -0.4 is 10.6 Å². The van der Waals surface area contributed by atoms with Crippen LogP contribution >= 0.6 is 23.6 Å². The number of hydrogen-bond donors (Lipinski definition) is 2. The van der Waals surface area contributed by atoms with Crippen LogP contribution in [0.25, 0.3) is 0 Å². The number of nitrogens with two attached hydrogens (primary N) is 1. The quantitative estimate of drug-likeness (QED) is 0.773. The van der Waals surface area contributed by atoms with Crippen LogP contribution in [0, 0.1) is 15.3 Å². The number of carbonyl (C=O) groups excluding carboxylic acids is 1. The summed E-state index contributed by atoms with van der Waals surface area (Å²) in [5, 5.41) is 17.4. The van der Waals surface area contributed by atoms with Gasteiger partial charge in [-0.15, -0.1) is 5.10 Å². The molecule has 0 radical (unpaired) electrons. The molecule has 0 spiro atoms. The van der Waals surface area contributed by atoms with E-state index in [2.05, 4.69) is 16.3 Å². The number of aromatic nitrogens is 2. The van der Waals surface area contributed by atoms with E-state index in [1.54, 1.807) is 4.90 Å². The lowest BCUT2D eigenvalue weighted by atomic mass is 9.76. The lowest BCUT2D eigenvalue weighted by molar-refractivity contribution is -0.116. The molecule has 2 heterocycles. The van der Waals surface area contributed by atoms with Crippen molar-refractivity contribution in [3.05, 3.63) is 62.5 Å². The molecule has 26 heavy (non-hydrogen) atoms. The second-order valence-corrected chi connectivity index (χ2v) is 7.77. The first kappa shape index (κ1) is 16.7. The lowest BCUT2D eigenvalue weighted by Crippen LogP contribution is -2.38. The molecule has 4 rings (SSSR count). The maximum atomic E-state index is 12.9. The van der Waals surface area contributed by atoms with E-state index in [0.717, 1.165) is 17.7 Å². The fourth-order valence-corrected chi connectivity index (χ4v) is 4.52. The Hall–Kier alpha value is -2.76. The number of nitrogens with one attached hydrogen (secondary N) is 1. The third-order valence-corrected chi connectivity index (χ3v) is 5.74. The molecular formula is C18H15N5OS2. The molecule has 6 nitrogen and oxygen atoms in total. The summed E-state index contributed by atoms with van der Waals surface area (Å²) in [5.41, 5.74) is 9.14. The van der Waals surface area contributed by atoms with Crippen molar-refractivity contribution in [3.8, 4) is 6.07 Å². The molecule has 0 bridgehead atoms. The van der Waals surface area contributed by atoms with Crippen molar-refractivity contribution in [2.45, 2.75) is 25.2 Å². The minimum Gasteiger partial charge on any atom is -0.384 e. The summed E-state index contributed by atoms with van der Waals surface area (Å²) in [6.45, 7) is 0. The monoisotopic (exact) mass is 381 g/mol. The maximum Gasteiger partial charge on any atom is 0.216 e. The van der Waals surface area contributed by atoms with Crippen LogP contribution in [-0.4, -0.2) is 16.0 Å². The topological polar surface area (TPSA) is 98.8 Å². The Morgan fingerprint density at radius 1 is 1.35 bits per heavy atom. The standard InChI is InChI=1S/C18H15N5OS2/c19-9-11-14(10-5-2-1-3-6-10)15-12(7-4-8-13(15)24)23(16(11)20)17-21-22-18(25)26-17/h1-3,5-6,14H,4,7-8,20H2,(H,22,25). The normalized spacial score (nSPS) is 20.2. The second-order valence-electron chi connectivity index (χ2n) is 6.12. The van der Waals surface area contributed by atoms with E-state index in [4.69, 9.17) is 18.0 Å². The van der Waals surface area contributed by atoms with Crippen molar-refractivity contribution in [2.24, 2.45) is 5.73 Å². The minimum atomic E-state index is -0.438. The number of ketones is 1. The van der Waals surface area contributed by atoms with Crippen LogP contribution in [0.5, 0.6) is 0 Å². The van der Waals surface area contributed by atoms with E-state index < -0.39 is 5.92 Å². The Morgan fingerprint density at radius 2 is 2.12 bits per heavy atom. The van der Waals surface area contributed by atoms with Crippen LogP contribution in [0.15, 0.2) is 53.0 Å². The molecule has 8 heteroatoms. The number of benzene rings is 1. The number of nitrogens with zero attached hydrogens (tertiary/aromatic N) is 3. The van der Waals surface area contributed by atoms with Gasteiger partial charge in [0.15, 0.2) is 9.74 Å². The zero-order valence-corrected chi connectivity index (χ0v) is 15.4. The largest absolute Gasteiger partial charge is 0.384 e. The Bertz CT molecular complexity index is 1040. The van der Waals surface area contributed by atoms with Gasteiger partial charge in [-0.3, -0.25) is 14.8 Å². The molecule has 2 aromatic rings. The van der Waals surface area contributed by atoms with Gasteiger partial charge in [-0.05, 0) is 30.6 Å². The highest BCUT2D eigenvalue weighted by atomic mass is 32.1. The molecule has 1 aromatic heterocycles. The molecule has 1 atom stereocenters. The van der Waals surface area contributed by atoms with Gasteiger partial charge >= 0.3 is 0 Å². The minimum absolute atomic E-state index is 0.0597. The zero-order valence-electron chi connectivity index (χ0n) is 13.7. The summed E-state index contributed by atoms with van der Waals surface area (Å²) >= 11 is 6.41. The van der Waals surface area contributed by atoms with E-state index in [1.165, 1.54) is 11.3 Å². The van der Waals surface area contributed by atoms with E-state index in [9.17, 15) is 10.1 Å². The molecule has 130 valence electrons. The summed E-state index contributed by atoms with van der Waals surface area (Å²) in [4.78, 5) is 14.6. The zero-order chi connectivity index (χ0) is 18.3. The number of anilines is 1. The van der Waals surface area contributed by atoms with Gasteiger partial charge in [0.2, 0.25) is 5.13 Å². The van der Waals surface area contributed by atoms with Gasteiger partial charge in [0, 0.05) is 17.7 Å². The first-order valence-electron chi connectivity index (χ1n) is 8.18. The van der Waals surface area contributed by atoms with Crippen LogP contribution in [0.3, 0.4) is 0 Å². The van der Waals surface area contributed by atoms with Gasteiger partial charge in [0.05, 0.1) is 17.6 Å². The van der Waals surface area contributed by atoms with Gasteiger partial charge in [-0.2, -0.15) is 5.26 Å². The van der Waals surface area contributed by atoms with Crippen LogP contribution in [0.2, 0.25) is 0 Å². The van der Waals surface area contributed by atoms with Crippen molar-refractivity contribution in [1.82, 2.24) is 10.2 Å². The molecule has 3 N–H and O–H groups in total. The number of nitriles is 1. The molecule has 1 unspecified atom stereocenters. The van der Waals surface area contributed by atoms with Crippen molar-refractivity contribution < 1.29 is 4.79 Å². The van der Waals surface area contributed by atoms with Crippen molar-refractivity contribution >= 4 is 34.5 Å². The van der Waals surface area contributed by atoms with Crippen molar-refractivity contribution in [3.63, 3.8) is 0 Å². The summed E-state index contributed by atoms with van der Waals surface area (Å²) in [7, 11) is 0. The van der Waals surface area contributed by atoms with Crippen molar-refractivity contribution in [2.75, 3.05) is 4.90 Å². The summed E-state index contributed by atoms with van der Waals surface area (Å²) < 4.78 is 0.515. The highest BCUT2D eigenvalue weighted by molar-refractivity contribution is 7.73. The molecule has 0 fully saturated rings. The molecule has 0 saturated heterocycles. The number of hydrogen-bond acceptors (Lipinski definition) is 7. The van der Waals surface area contributed by atoms with Crippen molar-refractivity contribution in [1.29, 1.82) is 5.26 Å². The third kappa shape index (κ3) is 2.57. The Balaban J connectivity index is 1.99. The van der Waals surface area contributed by atoms with E-state index >= 15 is 0 Å². The predicted octanol–water partition coefficient (Wildman–Crippen LogP) is 3.51. The van der Waals surface area contributed by atoms with E-state index in [-0.39, 0.29) is 5.78 Å². The highest BCUT2D eigenvalue weighted by Gasteiger charge is 2.40. The average molecular weight is 381 g/mol. The van der Waals surface area contributed by atoms with E-state index in [1.807, 2.05) is 30.3 Å². The molecular weight excluding hydrogens is 366 g/mol. The molecule has 1 aromatic carbocycles. The number of allylic oxidation sites excluding steroid dienone is 3. The lowest BCUT2D eigenvalue weighted by Gasteiger charge is -2.38. The summed E-state index contributed by atoms with van der Waals surface area (Å²) in [5.74, 6) is -0.0656.